The quantitative estimate of drug-likeness (QED) is 0.655. The van der Waals surface area contributed by atoms with Crippen molar-refractivity contribution in [2.45, 2.75) is 60.3 Å². The van der Waals surface area contributed by atoms with Crippen molar-refractivity contribution < 1.29 is 14.4 Å². The molecule has 2 atom stereocenters. The molecule has 1 aliphatic carbocycles. The summed E-state index contributed by atoms with van der Waals surface area (Å²) >= 11 is 0. The van der Waals surface area contributed by atoms with Gasteiger partial charge in [-0.3, -0.25) is 14.4 Å². The van der Waals surface area contributed by atoms with Crippen molar-refractivity contribution in [1.29, 1.82) is 0 Å². The average Bonchev–Trinajstić information content (AvgIpc) is 2.41. The number of rotatable bonds is 7. The van der Waals surface area contributed by atoms with Crippen molar-refractivity contribution in [3.8, 4) is 0 Å². The molecule has 3 heteroatoms. The van der Waals surface area contributed by atoms with Gasteiger partial charge in [-0.25, -0.2) is 0 Å². The van der Waals surface area contributed by atoms with Crippen LogP contribution in [0.2, 0.25) is 0 Å². The van der Waals surface area contributed by atoms with E-state index in [1.807, 2.05) is 13.8 Å². The molecule has 0 amide bonds. The molecule has 0 aromatic rings. The van der Waals surface area contributed by atoms with Gasteiger partial charge in [0.05, 0.1) is 5.41 Å². The van der Waals surface area contributed by atoms with E-state index in [0.29, 0.717) is 0 Å². The van der Waals surface area contributed by atoms with Gasteiger partial charge in [-0.1, -0.05) is 30.2 Å². The van der Waals surface area contributed by atoms with Gasteiger partial charge < -0.3 is 0 Å². The van der Waals surface area contributed by atoms with Crippen molar-refractivity contribution in [3.05, 3.63) is 35.5 Å². The summed E-state index contributed by atoms with van der Waals surface area (Å²) in [6, 6.07) is 0. The van der Waals surface area contributed by atoms with E-state index in [2.05, 4.69) is 26.0 Å². The number of hydrogen-bond donors (Lipinski definition) is 0. The Morgan fingerprint density at radius 2 is 1.87 bits per heavy atom. The normalized spacial score (nSPS) is 22.9. The van der Waals surface area contributed by atoms with Crippen LogP contribution in [0.5, 0.6) is 0 Å². The second-order valence-corrected chi connectivity index (χ2v) is 7.00. The molecule has 0 aliphatic heterocycles. The lowest BCUT2D eigenvalue weighted by Gasteiger charge is -2.36. The summed E-state index contributed by atoms with van der Waals surface area (Å²) in [7, 11) is 0. The molecule has 0 bridgehead atoms. The molecule has 0 radical (unpaired) electrons. The van der Waals surface area contributed by atoms with Gasteiger partial charge in [0.25, 0.3) is 0 Å². The molecular formula is C20H28O3. The second-order valence-electron chi connectivity index (χ2n) is 7.00. The van der Waals surface area contributed by atoms with Gasteiger partial charge in [-0.15, -0.1) is 0 Å². The van der Waals surface area contributed by atoms with Crippen LogP contribution in [0, 0.1) is 11.3 Å². The summed E-state index contributed by atoms with van der Waals surface area (Å²) in [5.74, 6) is -0.371. The topological polar surface area (TPSA) is 51.2 Å². The third-order valence-corrected chi connectivity index (χ3v) is 4.46. The monoisotopic (exact) mass is 316 g/mol. The van der Waals surface area contributed by atoms with Crippen molar-refractivity contribution in [3.63, 3.8) is 0 Å². The maximum Gasteiger partial charge on any atom is 0.163 e. The molecule has 23 heavy (non-hydrogen) atoms. The largest absolute Gasteiger partial charge is 0.300 e. The minimum atomic E-state index is -0.907. The Labute approximate surface area is 139 Å². The van der Waals surface area contributed by atoms with E-state index in [-0.39, 0.29) is 36.1 Å². The summed E-state index contributed by atoms with van der Waals surface area (Å²) in [4.78, 5) is 36.0. The molecule has 126 valence electrons. The molecular weight excluding hydrogens is 288 g/mol. The molecule has 3 nitrogen and oxygen atoms in total. The van der Waals surface area contributed by atoms with E-state index >= 15 is 0 Å². The third kappa shape index (κ3) is 5.42. The SMILES string of the molecule is CC(=O)CC1([C@H](C)/C=C(\C)CCC=C(C)C)CC(=O)C=CC1=O. The Morgan fingerprint density at radius 1 is 1.22 bits per heavy atom. The van der Waals surface area contributed by atoms with Gasteiger partial charge in [0, 0.05) is 12.8 Å². The van der Waals surface area contributed by atoms with Crippen LogP contribution < -0.4 is 0 Å². The van der Waals surface area contributed by atoms with E-state index in [1.165, 1.54) is 30.2 Å². The summed E-state index contributed by atoms with van der Waals surface area (Å²) < 4.78 is 0. The fraction of sp³-hybridized carbons (Fsp3) is 0.550. The Morgan fingerprint density at radius 3 is 2.43 bits per heavy atom. The van der Waals surface area contributed by atoms with Crippen molar-refractivity contribution in [2.75, 3.05) is 0 Å². The highest BCUT2D eigenvalue weighted by Crippen LogP contribution is 2.41. The second kappa shape index (κ2) is 8.19. The lowest BCUT2D eigenvalue weighted by molar-refractivity contribution is -0.136. The number of allylic oxidation sites excluding steroid dienone is 6. The van der Waals surface area contributed by atoms with Crippen molar-refractivity contribution >= 4 is 17.3 Å². The van der Waals surface area contributed by atoms with E-state index in [9.17, 15) is 14.4 Å². The zero-order valence-electron chi connectivity index (χ0n) is 14.9. The molecule has 0 heterocycles. The maximum absolute atomic E-state index is 12.5. The Kier molecular flexibility index (Phi) is 6.86. The summed E-state index contributed by atoms with van der Waals surface area (Å²) in [6.45, 7) is 9.61. The summed E-state index contributed by atoms with van der Waals surface area (Å²) in [5, 5.41) is 0. The van der Waals surface area contributed by atoms with Crippen LogP contribution in [0.15, 0.2) is 35.5 Å². The highest BCUT2D eigenvalue weighted by molar-refractivity contribution is 6.09. The third-order valence-electron chi connectivity index (χ3n) is 4.46. The standard InChI is InChI=1S/C20H28O3/c1-14(2)7-6-8-15(3)11-16(4)20(12-17(5)21)13-18(22)9-10-19(20)23/h7,9-11,16H,6,8,12-13H2,1-5H3/b15-11+/t16-,20?/m1/s1. The van der Waals surface area contributed by atoms with Gasteiger partial charge in [-0.05, 0) is 58.6 Å². The zero-order valence-corrected chi connectivity index (χ0v) is 14.9. The van der Waals surface area contributed by atoms with E-state index in [1.54, 1.807) is 0 Å². The highest BCUT2D eigenvalue weighted by Gasteiger charge is 2.45. The van der Waals surface area contributed by atoms with E-state index in [0.717, 1.165) is 12.8 Å². The fourth-order valence-corrected chi connectivity index (χ4v) is 3.19. The van der Waals surface area contributed by atoms with Gasteiger partial charge in [-0.2, -0.15) is 0 Å². The first kappa shape index (κ1) is 19.3. The van der Waals surface area contributed by atoms with Crippen LogP contribution in [-0.2, 0) is 14.4 Å². The molecule has 0 N–H and O–H groups in total. The molecule has 1 unspecified atom stereocenters. The van der Waals surface area contributed by atoms with Gasteiger partial charge in [0.1, 0.15) is 5.78 Å². The Bertz CT molecular complexity index is 574. The number of hydrogen-bond acceptors (Lipinski definition) is 3. The predicted octanol–water partition coefficient (Wildman–Crippen LogP) is 4.38. The van der Waals surface area contributed by atoms with Crippen LogP contribution in [0.3, 0.4) is 0 Å². The summed E-state index contributed by atoms with van der Waals surface area (Å²) in [6.07, 6.45) is 9.06. The first-order valence-electron chi connectivity index (χ1n) is 8.23. The fourth-order valence-electron chi connectivity index (χ4n) is 3.19. The highest BCUT2D eigenvalue weighted by atomic mass is 16.1. The lowest BCUT2D eigenvalue weighted by Crippen LogP contribution is -2.41. The molecule has 1 aliphatic rings. The van der Waals surface area contributed by atoms with Crippen LogP contribution >= 0.6 is 0 Å². The van der Waals surface area contributed by atoms with Crippen LogP contribution in [0.25, 0.3) is 0 Å². The molecule has 0 fully saturated rings. The predicted molar refractivity (Wildman–Crippen MR) is 93.1 cm³/mol. The first-order valence-corrected chi connectivity index (χ1v) is 8.23. The van der Waals surface area contributed by atoms with E-state index < -0.39 is 5.41 Å². The van der Waals surface area contributed by atoms with Gasteiger partial charge in [0.2, 0.25) is 0 Å². The number of ketones is 3. The molecule has 0 spiro atoms. The Hall–Kier alpha value is -1.77. The van der Waals surface area contributed by atoms with Crippen LogP contribution in [0.4, 0.5) is 0 Å². The zero-order chi connectivity index (χ0) is 17.6. The first-order chi connectivity index (χ1) is 10.7. The maximum atomic E-state index is 12.5. The molecule has 1 rings (SSSR count). The van der Waals surface area contributed by atoms with E-state index in [4.69, 9.17) is 0 Å². The molecule has 0 saturated heterocycles. The van der Waals surface area contributed by atoms with Gasteiger partial charge >= 0.3 is 0 Å². The number of carbonyl (C=O) groups is 3. The number of carbonyl (C=O) groups excluding carboxylic acids is 3. The lowest BCUT2D eigenvalue weighted by atomic mass is 9.64. The molecule has 0 saturated carbocycles. The Balaban J connectivity index is 3.01. The smallest absolute Gasteiger partial charge is 0.163 e. The summed E-state index contributed by atoms with van der Waals surface area (Å²) in [5.41, 5.74) is 1.57. The van der Waals surface area contributed by atoms with Crippen molar-refractivity contribution in [1.82, 2.24) is 0 Å². The molecule has 0 aromatic heterocycles. The van der Waals surface area contributed by atoms with Crippen LogP contribution in [0.1, 0.15) is 60.3 Å². The van der Waals surface area contributed by atoms with Crippen molar-refractivity contribution in [2.24, 2.45) is 11.3 Å². The van der Waals surface area contributed by atoms with Crippen LogP contribution in [-0.4, -0.2) is 17.3 Å². The molecule has 0 aromatic carbocycles. The number of Topliss-reactive ketones (excluding diaryl/α,β-unsaturated/α-hetero) is 1. The average molecular weight is 316 g/mol. The minimum absolute atomic E-state index is 0.0519. The minimum Gasteiger partial charge on any atom is -0.300 e. The van der Waals surface area contributed by atoms with Gasteiger partial charge in [0.15, 0.2) is 11.6 Å².